The van der Waals surface area contributed by atoms with E-state index >= 15 is 0 Å². The molecule has 0 aliphatic rings. The first-order valence-corrected chi connectivity index (χ1v) is 9.09. The molecule has 0 unspecified atom stereocenters. The molecule has 0 saturated carbocycles. The topological polar surface area (TPSA) is 87.2 Å². The number of carboxylic acid groups (broad SMARTS) is 1. The second kappa shape index (κ2) is 11.0. The van der Waals surface area contributed by atoms with Crippen LogP contribution in [0.15, 0.2) is 60.8 Å². The third-order valence-electron chi connectivity index (χ3n) is 3.94. The summed E-state index contributed by atoms with van der Waals surface area (Å²) in [5, 5.41) is 17.3. The molecule has 0 fully saturated rings. The molecule has 0 spiro atoms. The summed E-state index contributed by atoms with van der Waals surface area (Å²) in [6.07, 6.45) is -2.33. The minimum atomic E-state index is -5.08. The van der Waals surface area contributed by atoms with Gasteiger partial charge in [-0.1, -0.05) is 36.4 Å². The fourth-order valence-corrected chi connectivity index (χ4v) is 2.53. The zero-order valence-electron chi connectivity index (χ0n) is 16.2. The number of aromatic nitrogens is 2. The Morgan fingerprint density at radius 3 is 2.47 bits per heavy atom. The maximum atomic E-state index is 10.6. The lowest BCUT2D eigenvalue weighted by molar-refractivity contribution is -0.192. The normalized spacial score (nSPS) is 10.8. The van der Waals surface area contributed by atoms with Gasteiger partial charge in [-0.2, -0.15) is 18.3 Å². The average Bonchev–Trinajstić information content (AvgIpc) is 3.26. The van der Waals surface area contributed by atoms with Crippen LogP contribution in [-0.4, -0.2) is 47.6 Å². The van der Waals surface area contributed by atoms with Gasteiger partial charge in [-0.25, -0.2) is 4.79 Å². The Labute approximate surface area is 171 Å². The van der Waals surface area contributed by atoms with Crippen LogP contribution in [-0.2, 0) is 4.79 Å². The van der Waals surface area contributed by atoms with Crippen LogP contribution >= 0.6 is 0 Å². The van der Waals surface area contributed by atoms with Gasteiger partial charge in [-0.3, -0.25) is 5.10 Å². The minimum Gasteiger partial charge on any atom is -0.493 e. The second-order valence-electron chi connectivity index (χ2n) is 6.16. The lowest BCUT2D eigenvalue weighted by atomic mass is 10.0. The lowest BCUT2D eigenvalue weighted by Crippen LogP contribution is -2.21. The number of H-pyrrole nitrogens is 1. The van der Waals surface area contributed by atoms with Gasteiger partial charge in [0.15, 0.2) is 0 Å². The first-order valence-electron chi connectivity index (χ1n) is 9.09. The molecule has 0 aliphatic heterocycles. The summed E-state index contributed by atoms with van der Waals surface area (Å²) >= 11 is 0. The number of carboxylic acids is 1. The van der Waals surface area contributed by atoms with Crippen molar-refractivity contribution in [3.8, 4) is 28.1 Å². The average molecular weight is 421 g/mol. The van der Waals surface area contributed by atoms with Crippen LogP contribution < -0.4 is 10.1 Å². The van der Waals surface area contributed by atoms with Gasteiger partial charge in [0.25, 0.3) is 0 Å². The molecule has 1 heterocycles. The molecular weight excluding hydrogens is 399 g/mol. The fourth-order valence-electron chi connectivity index (χ4n) is 2.53. The van der Waals surface area contributed by atoms with Crippen LogP contribution in [0.3, 0.4) is 0 Å². The maximum Gasteiger partial charge on any atom is 0.490 e. The highest BCUT2D eigenvalue weighted by Gasteiger charge is 2.38. The third-order valence-corrected chi connectivity index (χ3v) is 3.94. The SMILES string of the molecule is CNCCCOc1ccccc1-c1cccc(-c2ccn[nH]2)c1.O=C(O)C(F)(F)F. The number of aromatic amines is 1. The summed E-state index contributed by atoms with van der Waals surface area (Å²) in [5.41, 5.74) is 4.38. The minimum absolute atomic E-state index is 0.706. The monoisotopic (exact) mass is 421 g/mol. The number of nitrogens with zero attached hydrogens (tertiary/aromatic N) is 1. The largest absolute Gasteiger partial charge is 0.493 e. The van der Waals surface area contributed by atoms with Crippen molar-refractivity contribution in [3.63, 3.8) is 0 Å². The van der Waals surface area contributed by atoms with E-state index in [1.54, 1.807) is 6.20 Å². The molecular formula is C21H22F3N3O3. The van der Waals surface area contributed by atoms with Gasteiger partial charge < -0.3 is 15.2 Å². The number of nitrogens with one attached hydrogen (secondary N) is 2. The summed E-state index contributed by atoms with van der Waals surface area (Å²) in [5.74, 6) is -1.84. The predicted molar refractivity (Wildman–Crippen MR) is 107 cm³/mol. The van der Waals surface area contributed by atoms with Gasteiger partial charge in [0.05, 0.1) is 12.3 Å². The molecule has 3 N–H and O–H groups in total. The van der Waals surface area contributed by atoms with Gasteiger partial charge >= 0.3 is 12.1 Å². The number of carbonyl (C=O) groups is 1. The van der Waals surface area contributed by atoms with Crippen molar-refractivity contribution >= 4 is 5.97 Å². The number of para-hydroxylation sites is 1. The van der Waals surface area contributed by atoms with Crippen LogP contribution in [0.5, 0.6) is 5.75 Å². The molecule has 3 rings (SSSR count). The van der Waals surface area contributed by atoms with Crippen molar-refractivity contribution in [2.24, 2.45) is 0 Å². The standard InChI is InChI=1S/C19H21N3O.C2HF3O2/c1-20-11-5-13-23-19-9-3-2-8-17(19)15-6-4-7-16(14-15)18-10-12-21-22-18;3-2(4,5)1(6)7/h2-4,6-10,12,14,20H,5,11,13H2,1H3,(H,21,22);(H,6,7). The molecule has 0 saturated heterocycles. The molecule has 0 radical (unpaired) electrons. The first-order chi connectivity index (χ1) is 14.3. The van der Waals surface area contributed by atoms with E-state index < -0.39 is 12.1 Å². The number of benzene rings is 2. The Bertz CT molecular complexity index is 928. The Balaban J connectivity index is 0.000000396. The molecule has 160 valence electrons. The molecule has 0 amide bonds. The number of hydrogen-bond donors (Lipinski definition) is 3. The van der Waals surface area contributed by atoms with Crippen LogP contribution in [0, 0.1) is 0 Å². The Morgan fingerprint density at radius 1 is 1.13 bits per heavy atom. The predicted octanol–water partition coefficient (Wildman–Crippen LogP) is 4.37. The molecule has 3 aromatic rings. The van der Waals surface area contributed by atoms with Gasteiger partial charge in [-0.15, -0.1) is 0 Å². The maximum absolute atomic E-state index is 10.6. The van der Waals surface area contributed by atoms with Crippen molar-refractivity contribution in [2.75, 3.05) is 20.2 Å². The number of rotatable bonds is 7. The van der Waals surface area contributed by atoms with Crippen molar-refractivity contribution < 1.29 is 27.8 Å². The van der Waals surface area contributed by atoms with E-state index in [1.807, 2.05) is 31.3 Å². The molecule has 0 bridgehead atoms. The zero-order chi connectivity index (χ0) is 22.0. The van der Waals surface area contributed by atoms with Crippen molar-refractivity contribution in [3.05, 3.63) is 60.8 Å². The van der Waals surface area contributed by atoms with E-state index in [1.165, 1.54) is 0 Å². The smallest absolute Gasteiger partial charge is 0.490 e. The number of ether oxygens (including phenoxy) is 1. The summed E-state index contributed by atoms with van der Waals surface area (Å²) < 4.78 is 37.7. The summed E-state index contributed by atoms with van der Waals surface area (Å²) in [6.45, 7) is 1.66. The van der Waals surface area contributed by atoms with Crippen molar-refractivity contribution in [2.45, 2.75) is 12.6 Å². The Kier molecular flexibility index (Phi) is 8.42. The van der Waals surface area contributed by atoms with Crippen LogP contribution in [0.1, 0.15) is 6.42 Å². The summed E-state index contributed by atoms with van der Waals surface area (Å²) in [4.78, 5) is 8.90. The summed E-state index contributed by atoms with van der Waals surface area (Å²) in [6, 6.07) is 18.5. The van der Waals surface area contributed by atoms with Crippen LogP contribution in [0.25, 0.3) is 22.4 Å². The number of aliphatic carboxylic acids is 1. The Hall–Kier alpha value is -3.33. The van der Waals surface area contributed by atoms with Crippen LogP contribution in [0.2, 0.25) is 0 Å². The molecule has 6 nitrogen and oxygen atoms in total. The van der Waals surface area contributed by atoms with E-state index in [9.17, 15) is 13.2 Å². The zero-order valence-corrected chi connectivity index (χ0v) is 16.2. The van der Waals surface area contributed by atoms with E-state index in [0.29, 0.717) is 6.61 Å². The highest BCUT2D eigenvalue weighted by atomic mass is 19.4. The van der Waals surface area contributed by atoms with Crippen LogP contribution in [0.4, 0.5) is 13.2 Å². The van der Waals surface area contributed by atoms with E-state index in [0.717, 1.165) is 41.1 Å². The van der Waals surface area contributed by atoms with E-state index in [4.69, 9.17) is 14.6 Å². The van der Waals surface area contributed by atoms with Gasteiger partial charge in [-0.05, 0) is 43.8 Å². The van der Waals surface area contributed by atoms with Gasteiger partial charge in [0, 0.05) is 17.3 Å². The highest BCUT2D eigenvalue weighted by molar-refractivity contribution is 5.75. The third kappa shape index (κ3) is 6.93. The van der Waals surface area contributed by atoms with E-state index in [-0.39, 0.29) is 0 Å². The van der Waals surface area contributed by atoms with E-state index in [2.05, 4.69) is 45.8 Å². The van der Waals surface area contributed by atoms with Crippen molar-refractivity contribution in [1.82, 2.24) is 15.5 Å². The van der Waals surface area contributed by atoms with Gasteiger partial charge in [0.2, 0.25) is 0 Å². The summed E-state index contributed by atoms with van der Waals surface area (Å²) in [7, 11) is 1.95. The second-order valence-corrected chi connectivity index (χ2v) is 6.16. The van der Waals surface area contributed by atoms with Crippen molar-refractivity contribution in [1.29, 1.82) is 0 Å². The molecule has 0 aliphatic carbocycles. The fraction of sp³-hybridized carbons (Fsp3) is 0.238. The highest BCUT2D eigenvalue weighted by Crippen LogP contribution is 2.32. The molecule has 0 atom stereocenters. The molecule has 30 heavy (non-hydrogen) atoms. The molecule has 2 aromatic carbocycles. The number of hydrogen-bond acceptors (Lipinski definition) is 4. The molecule has 1 aromatic heterocycles. The lowest BCUT2D eigenvalue weighted by Gasteiger charge is -2.12. The Morgan fingerprint density at radius 2 is 1.83 bits per heavy atom. The number of alkyl halides is 3. The number of halogens is 3. The first kappa shape index (κ1) is 23.0. The quantitative estimate of drug-likeness (QED) is 0.494. The molecule has 9 heteroatoms. The van der Waals surface area contributed by atoms with Gasteiger partial charge in [0.1, 0.15) is 5.75 Å².